The third kappa shape index (κ3) is 2.20. The summed E-state index contributed by atoms with van der Waals surface area (Å²) in [5.74, 6) is 1.17. The maximum absolute atomic E-state index is 5.64. The molecule has 0 aromatic carbocycles. The van der Waals surface area contributed by atoms with Crippen molar-refractivity contribution in [2.24, 2.45) is 5.92 Å². The average Bonchev–Trinajstić information content (AvgIpc) is 2.76. The largest absolute Gasteiger partial charge is 0.382 e. The van der Waals surface area contributed by atoms with E-state index in [0.29, 0.717) is 11.7 Å². The first-order valence-electron chi connectivity index (χ1n) is 5.97. The van der Waals surface area contributed by atoms with Crippen LogP contribution in [-0.2, 0) is 6.54 Å². The normalized spacial score (nSPS) is 11.4. The summed E-state index contributed by atoms with van der Waals surface area (Å²) in [7, 11) is 0. The molecular weight excluding hydrogens is 212 g/mol. The lowest BCUT2D eigenvalue weighted by Gasteiger charge is -2.12. The Balaban J connectivity index is 2.43. The first-order valence-corrected chi connectivity index (χ1v) is 5.97. The van der Waals surface area contributed by atoms with Gasteiger partial charge in [0.15, 0.2) is 0 Å². The van der Waals surface area contributed by atoms with Gasteiger partial charge in [-0.05, 0) is 25.8 Å². The summed E-state index contributed by atoms with van der Waals surface area (Å²) in [4.78, 5) is 0. The number of nitrogens with two attached hydrogens (primary N) is 1. The van der Waals surface area contributed by atoms with E-state index in [9.17, 15) is 0 Å². The van der Waals surface area contributed by atoms with E-state index in [1.165, 1.54) is 17.0 Å². The lowest BCUT2D eigenvalue weighted by Crippen LogP contribution is -2.07. The summed E-state index contributed by atoms with van der Waals surface area (Å²) in [6.07, 6.45) is 0. The van der Waals surface area contributed by atoms with Crippen molar-refractivity contribution < 1.29 is 0 Å². The minimum absolute atomic E-state index is 0.536. The van der Waals surface area contributed by atoms with Gasteiger partial charge < -0.3 is 10.3 Å². The van der Waals surface area contributed by atoms with Gasteiger partial charge in [-0.1, -0.05) is 13.8 Å². The van der Waals surface area contributed by atoms with Crippen LogP contribution in [0.2, 0.25) is 0 Å². The van der Waals surface area contributed by atoms with Crippen molar-refractivity contribution >= 4 is 5.82 Å². The molecular formula is C13H20N4. The predicted molar refractivity (Wildman–Crippen MR) is 70.7 cm³/mol. The number of hydrogen-bond donors (Lipinski definition) is 2. The minimum Gasteiger partial charge on any atom is -0.382 e. The maximum atomic E-state index is 5.64. The van der Waals surface area contributed by atoms with Crippen molar-refractivity contribution in [1.82, 2.24) is 14.8 Å². The highest BCUT2D eigenvalue weighted by atomic mass is 15.2. The minimum atomic E-state index is 0.536. The summed E-state index contributed by atoms with van der Waals surface area (Å²) in [6, 6.07) is 4.06. The Labute approximate surface area is 102 Å². The number of H-pyrrole nitrogens is 1. The van der Waals surface area contributed by atoms with Crippen molar-refractivity contribution in [3.05, 3.63) is 23.5 Å². The van der Waals surface area contributed by atoms with Gasteiger partial charge in [0.2, 0.25) is 0 Å². The zero-order valence-corrected chi connectivity index (χ0v) is 10.9. The molecule has 0 saturated heterocycles. The van der Waals surface area contributed by atoms with E-state index in [0.717, 1.165) is 12.2 Å². The molecule has 92 valence electrons. The number of aryl methyl sites for hydroxylation is 1. The van der Waals surface area contributed by atoms with E-state index >= 15 is 0 Å². The second-order valence-corrected chi connectivity index (χ2v) is 5.00. The van der Waals surface area contributed by atoms with Gasteiger partial charge in [0.1, 0.15) is 5.82 Å². The highest BCUT2D eigenvalue weighted by molar-refractivity contribution is 5.65. The molecule has 2 aromatic rings. The summed E-state index contributed by atoms with van der Waals surface area (Å²) in [5, 5.41) is 6.95. The number of aromatic amines is 1. The molecule has 0 radical (unpaired) electrons. The molecule has 2 aromatic heterocycles. The molecule has 0 aliphatic carbocycles. The van der Waals surface area contributed by atoms with Crippen LogP contribution in [0.15, 0.2) is 12.1 Å². The number of nitrogens with zero attached hydrogens (tertiary/aromatic N) is 2. The Kier molecular flexibility index (Phi) is 2.96. The number of hydrogen-bond acceptors (Lipinski definition) is 2. The van der Waals surface area contributed by atoms with Gasteiger partial charge in [0.05, 0.1) is 5.69 Å². The van der Waals surface area contributed by atoms with Crippen LogP contribution in [0.4, 0.5) is 5.82 Å². The topological polar surface area (TPSA) is 59.6 Å². The molecule has 0 fully saturated rings. The van der Waals surface area contributed by atoms with Gasteiger partial charge in [-0.15, -0.1) is 0 Å². The van der Waals surface area contributed by atoms with Crippen molar-refractivity contribution in [3.8, 4) is 11.3 Å². The molecule has 0 saturated carbocycles. The van der Waals surface area contributed by atoms with Gasteiger partial charge in [0.25, 0.3) is 0 Å². The number of nitrogens with one attached hydrogen (secondary N) is 1. The van der Waals surface area contributed by atoms with Gasteiger partial charge in [-0.25, -0.2) is 0 Å². The van der Waals surface area contributed by atoms with E-state index in [-0.39, 0.29) is 0 Å². The van der Waals surface area contributed by atoms with Crippen LogP contribution >= 0.6 is 0 Å². The van der Waals surface area contributed by atoms with Crippen LogP contribution in [-0.4, -0.2) is 14.8 Å². The van der Waals surface area contributed by atoms with Crippen LogP contribution in [0.1, 0.15) is 25.2 Å². The van der Waals surface area contributed by atoms with E-state index in [1.807, 2.05) is 6.07 Å². The Bertz CT molecular complexity index is 520. The molecule has 4 nitrogen and oxygen atoms in total. The summed E-state index contributed by atoms with van der Waals surface area (Å²) < 4.78 is 2.34. The highest BCUT2D eigenvalue weighted by Gasteiger charge is 2.13. The Morgan fingerprint density at radius 1 is 1.35 bits per heavy atom. The van der Waals surface area contributed by atoms with E-state index < -0.39 is 0 Å². The first kappa shape index (κ1) is 11.8. The predicted octanol–water partition coefficient (Wildman–Crippen LogP) is 2.73. The fourth-order valence-electron chi connectivity index (χ4n) is 2.20. The summed E-state index contributed by atoms with van der Waals surface area (Å²) in [6.45, 7) is 9.78. The molecule has 0 aliphatic heterocycles. The molecule has 0 unspecified atom stereocenters. The quantitative estimate of drug-likeness (QED) is 0.854. The Morgan fingerprint density at radius 2 is 2.06 bits per heavy atom. The lowest BCUT2D eigenvalue weighted by molar-refractivity contribution is 0.509. The second-order valence-electron chi connectivity index (χ2n) is 5.00. The van der Waals surface area contributed by atoms with Crippen LogP contribution in [0, 0.1) is 19.8 Å². The van der Waals surface area contributed by atoms with Crippen LogP contribution in [0.3, 0.4) is 0 Å². The molecule has 0 bridgehead atoms. The van der Waals surface area contributed by atoms with Crippen LogP contribution < -0.4 is 5.73 Å². The van der Waals surface area contributed by atoms with Crippen LogP contribution in [0.25, 0.3) is 11.3 Å². The van der Waals surface area contributed by atoms with Crippen molar-refractivity contribution in [3.63, 3.8) is 0 Å². The molecule has 0 amide bonds. The van der Waals surface area contributed by atoms with Crippen LogP contribution in [0.5, 0.6) is 0 Å². The van der Waals surface area contributed by atoms with Crippen molar-refractivity contribution in [2.45, 2.75) is 34.2 Å². The highest BCUT2D eigenvalue weighted by Crippen LogP contribution is 2.26. The maximum Gasteiger partial charge on any atom is 0.145 e. The fourth-order valence-corrected chi connectivity index (χ4v) is 2.20. The molecule has 3 N–H and O–H groups in total. The van der Waals surface area contributed by atoms with Gasteiger partial charge >= 0.3 is 0 Å². The molecule has 0 aliphatic rings. The second kappa shape index (κ2) is 4.28. The monoisotopic (exact) mass is 232 g/mol. The molecule has 2 rings (SSSR count). The smallest absolute Gasteiger partial charge is 0.145 e. The Morgan fingerprint density at radius 3 is 2.59 bits per heavy atom. The van der Waals surface area contributed by atoms with Gasteiger partial charge in [-0.2, -0.15) is 5.10 Å². The third-order valence-electron chi connectivity index (χ3n) is 3.01. The van der Waals surface area contributed by atoms with Gasteiger partial charge in [0, 0.05) is 29.6 Å². The van der Waals surface area contributed by atoms with E-state index in [2.05, 4.69) is 48.5 Å². The molecule has 0 spiro atoms. The number of nitrogen functional groups attached to an aromatic ring is 1. The standard InChI is InChI=1S/C13H20N4/c1-8(2)7-17-9(3)5-11(10(17)4)12-6-13(14)16-15-12/h5-6,8H,7H2,1-4H3,(H3,14,15,16). The summed E-state index contributed by atoms with van der Waals surface area (Å²) in [5.41, 5.74) is 10.4. The van der Waals surface area contributed by atoms with Crippen molar-refractivity contribution in [2.75, 3.05) is 5.73 Å². The molecule has 0 atom stereocenters. The van der Waals surface area contributed by atoms with E-state index in [1.54, 1.807) is 0 Å². The first-order chi connectivity index (χ1) is 7.99. The molecule has 2 heterocycles. The Hall–Kier alpha value is -1.71. The fraction of sp³-hybridized carbons (Fsp3) is 0.462. The number of rotatable bonds is 3. The van der Waals surface area contributed by atoms with Crippen molar-refractivity contribution in [1.29, 1.82) is 0 Å². The van der Waals surface area contributed by atoms with Gasteiger partial charge in [-0.3, -0.25) is 5.10 Å². The van der Waals surface area contributed by atoms with E-state index in [4.69, 9.17) is 5.73 Å². The summed E-state index contributed by atoms with van der Waals surface area (Å²) >= 11 is 0. The lowest BCUT2D eigenvalue weighted by atomic mass is 10.2. The zero-order valence-electron chi connectivity index (χ0n) is 10.9. The molecule has 17 heavy (non-hydrogen) atoms. The average molecular weight is 232 g/mol. The zero-order chi connectivity index (χ0) is 12.6. The SMILES string of the molecule is Cc1cc(-c2cc(N)n[nH]2)c(C)n1CC(C)C. The third-order valence-corrected chi connectivity index (χ3v) is 3.01. The molecule has 4 heteroatoms. The number of aromatic nitrogens is 3. The number of anilines is 1.